The average molecular weight is 202 g/mol. The van der Waals surface area contributed by atoms with E-state index in [1.165, 1.54) is 50.0 Å². The van der Waals surface area contributed by atoms with Crippen LogP contribution in [0.2, 0.25) is 0 Å². The van der Waals surface area contributed by atoms with E-state index >= 15 is 0 Å². The van der Waals surface area contributed by atoms with Crippen molar-refractivity contribution in [1.82, 2.24) is 0 Å². The summed E-state index contributed by atoms with van der Waals surface area (Å²) >= 11 is 2.12. The Kier molecular flexibility index (Phi) is 6.73. The molecule has 1 nitrogen and oxygen atoms in total. The van der Waals surface area contributed by atoms with Crippen molar-refractivity contribution in [3.05, 3.63) is 0 Å². The predicted molar refractivity (Wildman–Crippen MR) is 60.2 cm³/mol. The molecule has 0 aromatic rings. The first-order chi connectivity index (χ1) is 6.43. The van der Waals surface area contributed by atoms with E-state index in [0.717, 1.165) is 12.3 Å². The van der Waals surface area contributed by atoms with Crippen LogP contribution in [-0.4, -0.2) is 23.2 Å². The van der Waals surface area contributed by atoms with Crippen LogP contribution in [-0.2, 0) is 0 Å². The smallest absolute Gasteiger partial charge is 0.0431 e. The highest BCUT2D eigenvalue weighted by atomic mass is 32.2. The number of hydrogen-bond acceptors (Lipinski definition) is 2. The average Bonchev–Trinajstić information content (AvgIpc) is 2.63. The second kappa shape index (κ2) is 7.69. The summed E-state index contributed by atoms with van der Waals surface area (Å²) in [6.45, 7) is 0.368. The second-order valence-corrected chi connectivity index (χ2v) is 5.16. The number of unbranched alkanes of at least 4 members (excludes halogenated alkanes) is 2. The lowest BCUT2D eigenvalue weighted by atomic mass is 10.1. The molecule has 0 spiro atoms. The van der Waals surface area contributed by atoms with Crippen LogP contribution in [0, 0.1) is 5.92 Å². The molecule has 0 aliphatic heterocycles. The van der Waals surface area contributed by atoms with Crippen molar-refractivity contribution in [1.29, 1.82) is 0 Å². The first-order valence-electron chi connectivity index (χ1n) is 5.62. The summed E-state index contributed by atoms with van der Waals surface area (Å²) in [6.07, 6.45) is 9.37. The third-order valence-electron chi connectivity index (χ3n) is 2.78. The summed E-state index contributed by atoms with van der Waals surface area (Å²) in [5, 5.41) is 8.59. The third kappa shape index (κ3) is 5.58. The van der Waals surface area contributed by atoms with Crippen LogP contribution < -0.4 is 0 Å². The van der Waals surface area contributed by atoms with Crippen molar-refractivity contribution >= 4 is 11.8 Å². The van der Waals surface area contributed by atoms with Gasteiger partial charge in [0.25, 0.3) is 0 Å². The van der Waals surface area contributed by atoms with Gasteiger partial charge in [-0.1, -0.05) is 19.3 Å². The Morgan fingerprint density at radius 3 is 2.54 bits per heavy atom. The van der Waals surface area contributed by atoms with Gasteiger partial charge < -0.3 is 5.11 Å². The molecule has 0 bridgehead atoms. The number of thioether (sulfide) groups is 1. The SMILES string of the molecule is OCCCCCSCC1CCCC1. The molecule has 0 aromatic heterocycles. The lowest BCUT2D eigenvalue weighted by Crippen LogP contribution is -1.97. The van der Waals surface area contributed by atoms with Gasteiger partial charge in [0.1, 0.15) is 0 Å². The standard InChI is InChI=1S/C11H22OS/c12-8-4-1-5-9-13-10-11-6-2-3-7-11/h11-12H,1-10H2. The van der Waals surface area contributed by atoms with Crippen LogP contribution in [0.15, 0.2) is 0 Å². The molecule has 78 valence electrons. The van der Waals surface area contributed by atoms with E-state index in [1.54, 1.807) is 0 Å². The molecule has 0 atom stereocenters. The van der Waals surface area contributed by atoms with E-state index in [1.807, 2.05) is 0 Å². The Labute approximate surface area is 86.3 Å². The lowest BCUT2D eigenvalue weighted by Gasteiger charge is -2.07. The summed E-state index contributed by atoms with van der Waals surface area (Å²) < 4.78 is 0. The molecule has 0 amide bonds. The predicted octanol–water partition coefficient (Wildman–Crippen LogP) is 3.07. The van der Waals surface area contributed by atoms with Crippen molar-refractivity contribution in [3.63, 3.8) is 0 Å². The number of hydrogen-bond donors (Lipinski definition) is 1. The summed E-state index contributed by atoms with van der Waals surface area (Å²) in [6, 6.07) is 0. The Morgan fingerprint density at radius 1 is 1.08 bits per heavy atom. The summed E-state index contributed by atoms with van der Waals surface area (Å²) in [5.41, 5.74) is 0. The molecule has 0 aromatic carbocycles. The number of rotatable bonds is 7. The highest BCUT2D eigenvalue weighted by Crippen LogP contribution is 2.28. The number of aliphatic hydroxyl groups excluding tert-OH is 1. The highest BCUT2D eigenvalue weighted by Gasteiger charge is 2.13. The zero-order valence-electron chi connectivity index (χ0n) is 8.50. The monoisotopic (exact) mass is 202 g/mol. The molecule has 1 saturated carbocycles. The minimum atomic E-state index is 0.368. The maximum Gasteiger partial charge on any atom is 0.0431 e. The zero-order valence-corrected chi connectivity index (χ0v) is 9.32. The van der Waals surface area contributed by atoms with Crippen LogP contribution in [0.25, 0.3) is 0 Å². The van der Waals surface area contributed by atoms with Gasteiger partial charge in [-0.3, -0.25) is 0 Å². The van der Waals surface area contributed by atoms with E-state index < -0.39 is 0 Å². The van der Waals surface area contributed by atoms with Crippen LogP contribution in [0.1, 0.15) is 44.9 Å². The fraction of sp³-hybridized carbons (Fsp3) is 1.00. The Bertz CT molecular complexity index is 111. The second-order valence-electron chi connectivity index (χ2n) is 4.01. The van der Waals surface area contributed by atoms with Gasteiger partial charge >= 0.3 is 0 Å². The molecule has 1 aliphatic rings. The van der Waals surface area contributed by atoms with Crippen LogP contribution in [0.3, 0.4) is 0 Å². The van der Waals surface area contributed by atoms with Gasteiger partial charge in [0.15, 0.2) is 0 Å². The molecular weight excluding hydrogens is 180 g/mol. The molecule has 0 heterocycles. The first kappa shape index (κ1) is 11.4. The quantitative estimate of drug-likeness (QED) is 0.640. The van der Waals surface area contributed by atoms with Gasteiger partial charge in [-0.15, -0.1) is 0 Å². The summed E-state index contributed by atoms with van der Waals surface area (Å²) in [7, 11) is 0. The molecule has 2 heteroatoms. The van der Waals surface area contributed by atoms with Crippen molar-refractivity contribution in [3.8, 4) is 0 Å². The van der Waals surface area contributed by atoms with E-state index in [2.05, 4.69) is 11.8 Å². The lowest BCUT2D eigenvalue weighted by molar-refractivity contribution is 0.284. The van der Waals surface area contributed by atoms with E-state index in [9.17, 15) is 0 Å². The molecule has 1 aliphatic carbocycles. The number of aliphatic hydroxyl groups is 1. The molecule has 1 rings (SSSR count). The highest BCUT2D eigenvalue weighted by molar-refractivity contribution is 7.99. The third-order valence-corrected chi connectivity index (χ3v) is 4.06. The fourth-order valence-electron chi connectivity index (χ4n) is 1.92. The Morgan fingerprint density at radius 2 is 1.85 bits per heavy atom. The minimum absolute atomic E-state index is 0.368. The van der Waals surface area contributed by atoms with Crippen molar-refractivity contribution in [2.75, 3.05) is 18.1 Å². The van der Waals surface area contributed by atoms with Gasteiger partial charge in [0.05, 0.1) is 0 Å². The van der Waals surface area contributed by atoms with Gasteiger partial charge in [-0.25, -0.2) is 0 Å². The van der Waals surface area contributed by atoms with Crippen molar-refractivity contribution in [2.24, 2.45) is 5.92 Å². The van der Waals surface area contributed by atoms with Gasteiger partial charge in [0, 0.05) is 6.61 Å². The van der Waals surface area contributed by atoms with Crippen molar-refractivity contribution in [2.45, 2.75) is 44.9 Å². The molecular formula is C11H22OS. The largest absolute Gasteiger partial charge is 0.396 e. The van der Waals surface area contributed by atoms with Gasteiger partial charge in [0.2, 0.25) is 0 Å². The summed E-state index contributed by atoms with van der Waals surface area (Å²) in [4.78, 5) is 0. The normalized spacial score (nSPS) is 18.2. The Hall–Kier alpha value is 0.310. The Balaban J connectivity index is 1.78. The van der Waals surface area contributed by atoms with Gasteiger partial charge in [-0.05, 0) is 43.1 Å². The van der Waals surface area contributed by atoms with Gasteiger partial charge in [-0.2, -0.15) is 11.8 Å². The van der Waals surface area contributed by atoms with Crippen LogP contribution >= 0.6 is 11.8 Å². The van der Waals surface area contributed by atoms with E-state index in [-0.39, 0.29) is 0 Å². The molecule has 1 fully saturated rings. The van der Waals surface area contributed by atoms with Crippen molar-refractivity contribution < 1.29 is 5.11 Å². The van der Waals surface area contributed by atoms with E-state index in [0.29, 0.717) is 6.61 Å². The molecule has 0 saturated heterocycles. The molecule has 0 unspecified atom stereocenters. The molecule has 1 N–H and O–H groups in total. The van der Waals surface area contributed by atoms with E-state index in [4.69, 9.17) is 5.11 Å². The minimum Gasteiger partial charge on any atom is -0.396 e. The fourth-order valence-corrected chi connectivity index (χ4v) is 3.16. The molecule has 0 radical (unpaired) electrons. The maximum absolute atomic E-state index is 8.59. The topological polar surface area (TPSA) is 20.2 Å². The maximum atomic E-state index is 8.59. The first-order valence-corrected chi connectivity index (χ1v) is 6.77. The van der Waals surface area contributed by atoms with Crippen LogP contribution in [0.5, 0.6) is 0 Å². The summed E-state index contributed by atoms with van der Waals surface area (Å²) in [5.74, 6) is 3.72. The molecule has 13 heavy (non-hydrogen) atoms. The zero-order chi connectivity index (χ0) is 9.36. The van der Waals surface area contributed by atoms with Crippen LogP contribution in [0.4, 0.5) is 0 Å².